The van der Waals surface area contributed by atoms with Gasteiger partial charge in [0.25, 0.3) is 0 Å². The second kappa shape index (κ2) is 6.81. The van der Waals surface area contributed by atoms with Gasteiger partial charge in [0.15, 0.2) is 0 Å². The summed E-state index contributed by atoms with van der Waals surface area (Å²) in [6.07, 6.45) is 0. The molecule has 0 bridgehead atoms. The molecule has 0 aromatic heterocycles. The van der Waals surface area contributed by atoms with Crippen LogP contribution < -0.4 is 4.74 Å². The second-order valence-corrected chi connectivity index (χ2v) is 5.91. The van der Waals surface area contributed by atoms with Gasteiger partial charge in [-0.25, -0.2) is 4.79 Å². The Hall–Kier alpha value is -1.46. The zero-order valence-corrected chi connectivity index (χ0v) is 13.5. The summed E-state index contributed by atoms with van der Waals surface area (Å²) in [5, 5.41) is 0. The van der Waals surface area contributed by atoms with E-state index in [-0.39, 0.29) is 5.97 Å². The number of methoxy groups -OCH3 is 2. The number of halogens is 1. The van der Waals surface area contributed by atoms with E-state index in [4.69, 9.17) is 9.47 Å². The van der Waals surface area contributed by atoms with Crippen LogP contribution >= 0.6 is 27.7 Å². The maximum Gasteiger partial charge on any atom is 0.339 e. The molecule has 0 aliphatic carbocycles. The number of carbonyl (C=O) groups is 1. The smallest absolute Gasteiger partial charge is 0.339 e. The van der Waals surface area contributed by atoms with Crippen LogP contribution in [0.15, 0.2) is 56.7 Å². The van der Waals surface area contributed by atoms with E-state index >= 15 is 0 Å². The topological polar surface area (TPSA) is 35.5 Å². The molecule has 0 fully saturated rings. The van der Waals surface area contributed by atoms with Crippen LogP contribution in [0.2, 0.25) is 0 Å². The van der Waals surface area contributed by atoms with Crippen molar-refractivity contribution in [2.45, 2.75) is 9.79 Å². The van der Waals surface area contributed by atoms with Crippen LogP contribution in [0.3, 0.4) is 0 Å². The first-order chi connectivity index (χ1) is 9.63. The lowest BCUT2D eigenvalue weighted by molar-refractivity contribution is 0.0599. The molecule has 0 spiro atoms. The number of rotatable bonds is 4. The number of benzene rings is 2. The van der Waals surface area contributed by atoms with Crippen molar-refractivity contribution >= 4 is 33.7 Å². The van der Waals surface area contributed by atoms with E-state index in [2.05, 4.69) is 15.9 Å². The molecule has 5 heteroatoms. The average Bonchev–Trinajstić information content (AvgIpc) is 2.47. The minimum Gasteiger partial charge on any atom is -0.497 e. The molecule has 2 rings (SSSR count). The van der Waals surface area contributed by atoms with Crippen LogP contribution in [-0.4, -0.2) is 20.2 Å². The molecule has 0 saturated carbocycles. The Morgan fingerprint density at radius 3 is 2.25 bits per heavy atom. The third kappa shape index (κ3) is 3.55. The Morgan fingerprint density at radius 1 is 1.05 bits per heavy atom. The van der Waals surface area contributed by atoms with Crippen molar-refractivity contribution in [3.63, 3.8) is 0 Å². The molecule has 0 aliphatic rings. The molecule has 0 heterocycles. The molecule has 0 radical (unpaired) electrons. The molecule has 0 unspecified atom stereocenters. The van der Waals surface area contributed by atoms with Gasteiger partial charge in [-0.05, 0) is 58.4 Å². The summed E-state index contributed by atoms with van der Waals surface area (Å²) in [4.78, 5) is 13.6. The Labute approximate surface area is 130 Å². The quantitative estimate of drug-likeness (QED) is 0.764. The number of hydrogen-bond acceptors (Lipinski definition) is 4. The molecule has 20 heavy (non-hydrogen) atoms. The first-order valence-electron chi connectivity index (χ1n) is 5.84. The number of hydrogen-bond donors (Lipinski definition) is 0. The maximum absolute atomic E-state index is 11.5. The van der Waals surface area contributed by atoms with E-state index in [0.29, 0.717) is 5.56 Å². The van der Waals surface area contributed by atoms with Gasteiger partial charge in [-0.15, -0.1) is 0 Å². The first kappa shape index (κ1) is 14.9. The lowest BCUT2D eigenvalue weighted by Crippen LogP contribution is -2.01. The highest BCUT2D eigenvalue weighted by molar-refractivity contribution is 9.10. The Kier molecular flexibility index (Phi) is 5.09. The third-order valence-electron chi connectivity index (χ3n) is 2.64. The van der Waals surface area contributed by atoms with Gasteiger partial charge in [0.2, 0.25) is 0 Å². The number of ether oxygens (including phenoxy) is 2. The predicted octanol–water partition coefficient (Wildman–Crippen LogP) is 4.40. The first-order valence-corrected chi connectivity index (χ1v) is 7.44. The molecule has 0 N–H and O–H groups in total. The van der Waals surface area contributed by atoms with Crippen molar-refractivity contribution in [2.24, 2.45) is 0 Å². The largest absolute Gasteiger partial charge is 0.497 e. The molecule has 104 valence electrons. The zero-order chi connectivity index (χ0) is 14.5. The summed E-state index contributed by atoms with van der Waals surface area (Å²) in [6.45, 7) is 0. The van der Waals surface area contributed by atoms with Gasteiger partial charge in [-0.1, -0.05) is 11.8 Å². The summed E-state index contributed by atoms with van der Waals surface area (Å²) >= 11 is 5.00. The fraction of sp³-hybridized carbons (Fsp3) is 0.133. The van der Waals surface area contributed by atoms with Crippen LogP contribution in [0.1, 0.15) is 10.4 Å². The van der Waals surface area contributed by atoms with Gasteiger partial charge in [0.05, 0.1) is 19.8 Å². The molecule has 3 nitrogen and oxygen atoms in total. The highest BCUT2D eigenvalue weighted by Crippen LogP contribution is 2.32. The van der Waals surface area contributed by atoms with E-state index in [1.165, 1.54) is 7.11 Å². The summed E-state index contributed by atoms with van der Waals surface area (Å²) < 4.78 is 10.6. The fourth-order valence-electron chi connectivity index (χ4n) is 1.61. The van der Waals surface area contributed by atoms with Crippen molar-refractivity contribution in [1.29, 1.82) is 0 Å². The normalized spacial score (nSPS) is 10.2. The lowest BCUT2D eigenvalue weighted by Gasteiger charge is -2.06. The predicted molar refractivity (Wildman–Crippen MR) is 82.6 cm³/mol. The summed E-state index contributed by atoms with van der Waals surface area (Å²) in [5.74, 6) is 0.481. The number of carbonyl (C=O) groups excluding carboxylic acids is 1. The molecule has 0 atom stereocenters. The van der Waals surface area contributed by atoms with Crippen LogP contribution in [0.4, 0.5) is 0 Å². The van der Waals surface area contributed by atoms with E-state index in [0.717, 1.165) is 20.0 Å². The molecular formula is C15H13BrO3S. The Balaban J connectivity index is 2.17. The van der Waals surface area contributed by atoms with E-state index in [9.17, 15) is 4.79 Å². The average molecular weight is 353 g/mol. The highest BCUT2D eigenvalue weighted by Gasteiger charge is 2.10. The van der Waals surface area contributed by atoms with Gasteiger partial charge in [0, 0.05) is 14.3 Å². The molecular weight excluding hydrogens is 340 g/mol. The standard InChI is InChI=1S/C15H13BrO3S/c1-18-10-3-5-11(6-4-10)20-12-7-8-13(14(16)9-12)15(17)19-2/h3-9H,1-2H3. The van der Waals surface area contributed by atoms with Crippen molar-refractivity contribution in [1.82, 2.24) is 0 Å². The van der Waals surface area contributed by atoms with Gasteiger partial charge in [-0.2, -0.15) is 0 Å². The van der Waals surface area contributed by atoms with Crippen LogP contribution in [0, 0.1) is 0 Å². The minimum atomic E-state index is -0.349. The van der Waals surface area contributed by atoms with Crippen LogP contribution in [-0.2, 0) is 4.74 Å². The van der Waals surface area contributed by atoms with E-state index in [1.54, 1.807) is 24.9 Å². The molecule has 0 amide bonds. The SMILES string of the molecule is COC(=O)c1ccc(Sc2ccc(OC)cc2)cc1Br. The fourth-order valence-corrected chi connectivity index (χ4v) is 3.16. The monoisotopic (exact) mass is 352 g/mol. The van der Waals surface area contributed by atoms with Gasteiger partial charge in [0.1, 0.15) is 5.75 Å². The van der Waals surface area contributed by atoms with Gasteiger partial charge < -0.3 is 9.47 Å². The maximum atomic E-state index is 11.5. The second-order valence-electron chi connectivity index (χ2n) is 3.91. The third-order valence-corrected chi connectivity index (χ3v) is 4.29. The highest BCUT2D eigenvalue weighted by atomic mass is 79.9. The van der Waals surface area contributed by atoms with E-state index in [1.807, 2.05) is 36.4 Å². The van der Waals surface area contributed by atoms with Crippen molar-refractivity contribution < 1.29 is 14.3 Å². The van der Waals surface area contributed by atoms with Crippen LogP contribution in [0.25, 0.3) is 0 Å². The van der Waals surface area contributed by atoms with Crippen molar-refractivity contribution in [2.75, 3.05) is 14.2 Å². The minimum absolute atomic E-state index is 0.349. The zero-order valence-electron chi connectivity index (χ0n) is 11.1. The molecule has 2 aromatic carbocycles. The molecule has 0 saturated heterocycles. The van der Waals surface area contributed by atoms with E-state index < -0.39 is 0 Å². The Bertz CT molecular complexity index is 611. The number of esters is 1. The molecule has 2 aromatic rings. The van der Waals surface area contributed by atoms with Gasteiger partial charge >= 0.3 is 5.97 Å². The summed E-state index contributed by atoms with van der Waals surface area (Å²) in [6, 6.07) is 13.4. The van der Waals surface area contributed by atoms with Crippen molar-refractivity contribution in [3.8, 4) is 5.75 Å². The van der Waals surface area contributed by atoms with Gasteiger partial charge in [-0.3, -0.25) is 0 Å². The summed E-state index contributed by atoms with van der Waals surface area (Å²) in [5.41, 5.74) is 0.520. The molecule has 0 aliphatic heterocycles. The summed E-state index contributed by atoms with van der Waals surface area (Å²) in [7, 11) is 3.01. The lowest BCUT2D eigenvalue weighted by atomic mass is 10.2. The Morgan fingerprint density at radius 2 is 1.70 bits per heavy atom. The van der Waals surface area contributed by atoms with Crippen molar-refractivity contribution in [3.05, 3.63) is 52.5 Å². The van der Waals surface area contributed by atoms with Crippen LogP contribution in [0.5, 0.6) is 5.75 Å².